The number of aliphatic hydroxyl groups is 1. The molecule has 0 aliphatic carbocycles. The lowest BCUT2D eigenvalue weighted by molar-refractivity contribution is 0.0205. The van der Waals surface area contributed by atoms with Gasteiger partial charge in [0.2, 0.25) is 0 Å². The van der Waals surface area contributed by atoms with E-state index >= 15 is 0 Å². The van der Waals surface area contributed by atoms with E-state index in [1.54, 1.807) is 24.3 Å². The zero-order valence-corrected chi connectivity index (χ0v) is 23.0. The molecule has 0 spiro atoms. The normalized spacial score (nSPS) is 19.7. The summed E-state index contributed by atoms with van der Waals surface area (Å²) in [7, 11) is -3.38. The van der Waals surface area contributed by atoms with Gasteiger partial charge in [-0.25, -0.2) is 22.6 Å². The SMILES string of the molecule is CCC(C)Nc1cc(C(=O)NC(Cc2ccccc2)[C@H](O)[C@H]2[C@@H](F)CCN2C(=O)O)cc(NCS(C)(=O)=O)n1. The zero-order valence-electron chi connectivity index (χ0n) is 22.2. The maximum atomic E-state index is 14.8. The van der Waals surface area contributed by atoms with E-state index in [-0.39, 0.29) is 36.8 Å². The summed E-state index contributed by atoms with van der Waals surface area (Å²) in [5.74, 6) is -0.531. The van der Waals surface area contributed by atoms with Gasteiger partial charge in [0.05, 0.1) is 18.2 Å². The number of carboxylic acid groups (broad SMARTS) is 1. The summed E-state index contributed by atoms with van der Waals surface area (Å²) in [4.78, 5) is 30.4. The van der Waals surface area contributed by atoms with Gasteiger partial charge in [-0.2, -0.15) is 0 Å². The molecule has 2 amide bonds. The first-order valence-electron chi connectivity index (χ1n) is 12.7. The van der Waals surface area contributed by atoms with Crippen LogP contribution in [0.3, 0.4) is 0 Å². The van der Waals surface area contributed by atoms with E-state index in [2.05, 4.69) is 20.9 Å². The molecule has 1 aliphatic rings. The Morgan fingerprint density at radius 1 is 1.21 bits per heavy atom. The van der Waals surface area contributed by atoms with E-state index in [4.69, 9.17) is 0 Å². The van der Waals surface area contributed by atoms with Gasteiger partial charge in [0.15, 0.2) is 9.84 Å². The fraction of sp³-hybridized carbons (Fsp3) is 0.500. The van der Waals surface area contributed by atoms with Gasteiger partial charge in [-0.15, -0.1) is 0 Å². The smallest absolute Gasteiger partial charge is 0.407 e. The third kappa shape index (κ3) is 8.52. The number of amides is 2. The summed E-state index contributed by atoms with van der Waals surface area (Å²) in [6, 6.07) is 9.46. The lowest BCUT2D eigenvalue weighted by atomic mass is 9.94. The third-order valence-electron chi connectivity index (χ3n) is 6.61. The van der Waals surface area contributed by atoms with Crippen LogP contribution in [-0.4, -0.2) is 89.6 Å². The summed E-state index contributed by atoms with van der Waals surface area (Å²) in [6.45, 7) is 3.83. The molecule has 2 unspecified atom stereocenters. The highest BCUT2D eigenvalue weighted by atomic mass is 32.2. The van der Waals surface area contributed by atoms with Gasteiger partial charge in [-0.05, 0) is 43.9 Å². The molecule has 5 atom stereocenters. The van der Waals surface area contributed by atoms with Gasteiger partial charge in [0.1, 0.15) is 23.7 Å². The average Bonchev–Trinajstić information content (AvgIpc) is 3.28. The highest BCUT2D eigenvalue weighted by Gasteiger charge is 2.45. The van der Waals surface area contributed by atoms with Crippen LogP contribution >= 0.6 is 0 Å². The van der Waals surface area contributed by atoms with Crippen LogP contribution in [0.25, 0.3) is 0 Å². The molecule has 2 aromatic rings. The lowest BCUT2D eigenvalue weighted by Gasteiger charge is -2.33. The Bertz CT molecular complexity index is 1250. The van der Waals surface area contributed by atoms with Crippen molar-refractivity contribution in [2.45, 2.75) is 63.5 Å². The Morgan fingerprint density at radius 3 is 2.49 bits per heavy atom. The van der Waals surface area contributed by atoms with Crippen molar-refractivity contribution in [2.24, 2.45) is 0 Å². The number of nitrogens with one attached hydrogen (secondary N) is 3. The van der Waals surface area contributed by atoms with Crippen LogP contribution in [0, 0.1) is 0 Å². The number of aromatic nitrogens is 1. The molecular formula is C26H36FN5O6S. The van der Waals surface area contributed by atoms with Crippen LogP contribution < -0.4 is 16.0 Å². The highest BCUT2D eigenvalue weighted by Crippen LogP contribution is 2.27. The maximum absolute atomic E-state index is 14.8. The van der Waals surface area contributed by atoms with E-state index in [0.29, 0.717) is 5.82 Å². The molecular weight excluding hydrogens is 529 g/mol. The Balaban J connectivity index is 1.93. The first-order valence-corrected chi connectivity index (χ1v) is 14.8. The predicted molar refractivity (Wildman–Crippen MR) is 146 cm³/mol. The zero-order chi connectivity index (χ0) is 28.7. The van der Waals surface area contributed by atoms with Gasteiger partial charge in [0, 0.05) is 24.4 Å². The lowest BCUT2D eigenvalue weighted by Crippen LogP contribution is -2.56. The fourth-order valence-electron chi connectivity index (χ4n) is 4.40. The Hall–Kier alpha value is -3.45. The second-order valence-electron chi connectivity index (χ2n) is 9.86. The summed E-state index contributed by atoms with van der Waals surface area (Å²) >= 11 is 0. The number of pyridine rings is 1. The van der Waals surface area contributed by atoms with Crippen molar-refractivity contribution in [1.29, 1.82) is 0 Å². The minimum Gasteiger partial charge on any atom is -0.465 e. The molecule has 1 fully saturated rings. The highest BCUT2D eigenvalue weighted by molar-refractivity contribution is 7.90. The van der Waals surface area contributed by atoms with Gasteiger partial charge in [0.25, 0.3) is 5.91 Å². The number of rotatable bonds is 12. The number of carbonyl (C=O) groups excluding carboxylic acids is 1. The minimum atomic E-state index is -3.38. The molecule has 11 nitrogen and oxygen atoms in total. The summed E-state index contributed by atoms with van der Waals surface area (Å²) in [6.07, 6.45) is -2.58. The van der Waals surface area contributed by atoms with Crippen LogP contribution in [0.4, 0.5) is 20.8 Å². The Labute approximate surface area is 227 Å². The molecule has 5 N–H and O–H groups in total. The number of alkyl halides is 1. The predicted octanol–water partition coefficient (Wildman–Crippen LogP) is 2.50. The number of aliphatic hydroxyl groups excluding tert-OH is 1. The molecule has 39 heavy (non-hydrogen) atoms. The maximum Gasteiger partial charge on any atom is 0.407 e. The molecule has 0 saturated carbocycles. The van der Waals surface area contributed by atoms with Crippen LogP contribution in [0.1, 0.15) is 42.6 Å². The number of hydrogen-bond acceptors (Lipinski definition) is 8. The molecule has 1 aromatic heterocycles. The van der Waals surface area contributed by atoms with Crippen molar-refractivity contribution in [1.82, 2.24) is 15.2 Å². The van der Waals surface area contributed by atoms with Gasteiger partial charge >= 0.3 is 6.09 Å². The molecule has 0 bridgehead atoms. The Kier molecular flexibility index (Phi) is 10.1. The largest absolute Gasteiger partial charge is 0.465 e. The minimum absolute atomic E-state index is 0.0112. The average molecular weight is 566 g/mol. The second kappa shape index (κ2) is 13.1. The number of hydrogen-bond donors (Lipinski definition) is 5. The van der Waals surface area contributed by atoms with Gasteiger partial charge in [-0.1, -0.05) is 37.3 Å². The monoisotopic (exact) mass is 565 g/mol. The standard InChI is InChI=1S/C26H36FN5O6S/c1-4-16(2)29-22-14-18(13-21(31-22)28-15-39(3,37)38)25(34)30-20(12-17-8-6-5-7-9-17)24(33)23-19(27)10-11-32(23)26(35)36/h5-9,13-14,16,19-20,23-24,33H,4,10-12,15H2,1-3H3,(H,30,34)(H,35,36)(H2,28,29,31)/t16?,19-,20?,23+,24-/m0/s1. The molecule has 214 valence electrons. The number of halogens is 1. The first-order chi connectivity index (χ1) is 18.4. The molecule has 2 heterocycles. The van der Waals surface area contributed by atoms with Crippen molar-refractivity contribution < 1.29 is 32.6 Å². The topological polar surface area (TPSA) is 161 Å². The summed E-state index contributed by atoms with van der Waals surface area (Å²) in [5, 5.41) is 29.4. The van der Waals surface area contributed by atoms with Crippen LogP contribution in [0.2, 0.25) is 0 Å². The van der Waals surface area contributed by atoms with Crippen LogP contribution in [0.15, 0.2) is 42.5 Å². The quantitative estimate of drug-likeness (QED) is 0.260. The van der Waals surface area contributed by atoms with E-state index in [0.717, 1.165) is 23.1 Å². The summed E-state index contributed by atoms with van der Waals surface area (Å²) in [5.41, 5.74) is 0.872. The van der Waals surface area contributed by atoms with E-state index in [1.807, 2.05) is 19.9 Å². The van der Waals surface area contributed by atoms with Crippen molar-refractivity contribution in [3.8, 4) is 0 Å². The van der Waals surface area contributed by atoms with Crippen molar-refractivity contribution >= 4 is 33.5 Å². The van der Waals surface area contributed by atoms with Crippen LogP contribution in [0.5, 0.6) is 0 Å². The van der Waals surface area contributed by atoms with Gasteiger partial charge in [-0.3, -0.25) is 9.69 Å². The van der Waals surface area contributed by atoms with Gasteiger partial charge < -0.3 is 26.2 Å². The second-order valence-corrected chi connectivity index (χ2v) is 12.0. The molecule has 3 rings (SSSR count). The molecule has 13 heteroatoms. The van der Waals surface area contributed by atoms with Crippen molar-refractivity contribution in [2.75, 3.05) is 29.3 Å². The molecule has 1 aromatic carbocycles. The van der Waals surface area contributed by atoms with Crippen LogP contribution in [-0.2, 0) is 16.3 Å². The van der Waals surface area contributed by atoms with E-state index < -0.39 is 52.1 Å². The van der Waals surface area contributed by atoms with E-state index in [1.165, 1.54) is 12.1 Å². The molecule has 0 radical (unpaired) electrons. The number of anilines is 2. The Morgan fingerprint density at radius 2 is 1.87 bits per heavy atom. The van der Waals surface area contributed by atoms with E-state index in [9.17, 15) is 32.6 Å². The number of benzene rings is 1. The van der Waals surface area contributed by atoms with Crippen molar-refractivity contribution in [3.63, 3.8) is 0 Å². The first kappa shape index (κ1) is 30.1. The molecule has 1 aliphatic heterocycles. The number of sulfone groups is 1. The number of nitrogens with zero attached hydrogens (tertiary/aromatic N) is 2. The number of carbonyl (C=O) groups is 2. The van der Waals surface area contributed by atoms with Crippen molar-refractivity contribution in [3.05, 3.63) is 53.6 Å². The summed E-state index contributed by atoms with van der Waals surface area (Å²) < 4.78 is 38.1. The third-order valence-corrected chi connectivity index (χ3v) is 7.28. The fourth-order valence-corrected chi connectivity index (χ4v) is 4.81. The molecule has 1 saturated heterocycles. The number of likely N-dealkylation sites (tertiary alicyclic amines) is 1.